The minimum Gasteiger partial charge on any atom is -0.494 e. The Morgan fingerprint density at radius 1 is 1.19 bits per heavy atom. The van der Waals surface area contributed by atoms with Crippen molar-refractivity contribution in [2.45, 2.75) is 20.0 Å². The molecule has 1 heterocycles. The van der Waals surface area contributed by atoms with Gasteiger partial charge >= 0.3 is 5.97 Å². The van der Waals surface area contributed by atoms with Gasteiger partial charge in [-0.25, -0.2) is 4.79 Å². The van der Waals surface area contributed by atoms with Crippen molar-refractivity contribution in [3.8, 4) is 11.5 Å². The van der Waals surface area contributed by atoms with E-state index in [-0.39, 0.29) is 10.7 Å². The Labute approximate surface area is 184 Å². The first-order chi connectivity index (χ1) is 14.8. The van der Waals surface area contributed by atoms with Gasteiger partial charge in [0.25, 0.3) is 11.8 Å². The normalized spacial score (nSPS) is 16.1. The minimum atomic E-state index is -1.08. The van der Waals surface area contributed by atoms with E-state index < -0.39 is 23.9 Å². The van der Waals surface area contributed by atoms with Crippen molar-refractivity contribution in [1.82, 2.24) is 5.32 Å². The summed E-state index contributed by atoms with van der Waals surface area (Å²) in [6, 6.07) is 13.2. The van der Waals surface area contributed by atoms with Gasteiger partial charge in [0.1, 0.15) is 17.1 Å². The summed E-state index contributed by atoms with van der Waals surface area (Å²) in [4.78, 5) is 37.6. The van der Waals surface area contributed by atoms with Gasteiger partial charge in [0.15, 0.2) is 11.2 Å². The number of amides is 2. The van der Waals surface area contributed by atoms with E-state index in [2.05, 4.69) is 5.32 Å². The van der Waals surface area contributed by atoms with Crippen molar-refractivity contribution < 1.29 is 29.0 Å². The van der Waals surface area contributed by atoms with E-state index in [0.717, 1.165) is 0 Å². The number of nitrogens with one attached hydrogen (secondary N) is 1. The molecule has 8 nitrogen and oxygen atoms in total. The fourth-order valence-electron chi connectivity index (χ4n) is 2.83. The molecule has 0 spiro atoms. The maximum Gasteiger partial charge on any atom is 0.344 e. The highest BCUT2D eigenvalue weighted by Gasteiger charge is 2.34. The number of nitrogens with zero attached hydrogens (tertiary/aromatic N) is 1. The average molecular weight is 440 g/mol. The maximum absolute atomic E-state index is 13.1. The van der Waals surface area contributed by atoms with Crippen molar-refractivity contribution >= 4 is 46.9 Å². The van der Waals surface area contributed by atoms with Crippen LogP contribution in [0.5, 0.6) is 11.5 Å². The third kappa shape index (κ3) is 5.07. The molecule has 3 rings (SSSR count). The molecule has 9 heteroatoms. The number of aliphatic carboxylic acids is 1. The van der Waals surface area contributed by atoms with E-state index in [1.165, 1.54) is 17.9 Å². The van der Waals surface area contributed by atoms with Crippen LogP contribution in [0, 0.1) is 0 Å². The molecule has 2 aromatic carbocycles. The number of ether oxygens (including phenoxy) is 2. The number of thiocarbonyl (C=S) groups is 1. The van der Waals surface area contributed by atoms with Crippen LogP contribution < -0.4 is 19.7 Å². The van der Waals surface area contributed by atoms with Gasteiger partial charge in [-0.2, -0.15) is 0 Å². The van der Waals surface area contributed by atoms with E-state index in [1.54, 1.807) is 48.5 Å². The SMILES string of the molecule is CCOc1cccc(N2C(=O)/C(=C/c3ccc(O[C@@H](C)C(=O)O)cc3)C(=O)NC2=S)c1. The number of anilines is 1. The van der Waals surface area contributed by atoms with Crippen molar-refractivity contribution in [2.75, 3.05) is 11.5 Å². The highest BCUT2D eigenvalue weighted by atomic mass is 32.1. The Hall–Kier alpha value is -3.72. The van der Waals surface area contributed by atoms with Crippen molar-refractivity contribution in [1.29, 1.82) is 0 Å². The summed E-state index contributed by atoms with van der Waals surface area (Å²) in [5, 5.41) is 11.4. The fraction of sp³-hybridized carbons (Fsp3) is 0.182. The van der Waals surface area contributed by atoms with Gasteiger partial charge in [-0.3, -0.25) is 19.8 Å². The lowest BCUT2D eigenvalue weighted by Gasteiger charge is -2.29. The van der Waals surface area contributed by atoms with Gasteiger partial charge in [0, 0.05) is 6.07 Å². The first-order valence-electron chi connectivity index (χ1n) is 9.44. The number of carboxylic acid groups (broad SMARTS) is 1. The molecule has 1 aliphatic rings. The summed E-state index contributed by atoms with van der Waals surface area (Å²) in [7, 11) is 0. The molecule has 0 aromatic heterocycles. The summed E-state index contributed by atoms with van der Waals surface area (Å²) in [5.74, 6) is -1.33. The number of benzene rings is 2. The first-order valence-corrected chi connectivity index (χ1v) is 9.85. The van der Waals surface area contributed by atoms with Gasteiger partial charge in [-0.05, 0) is 62.0 Å². The third-order valence-corrected chi connectivity index (χ3v) is 4.62. The molecule has 0 aliphatic carbocycles. The summed E-state index contributed by atoms with van der Waals surface area (Å²) in [5.41, 5.74) is 0.936. The third-order valence-electron chi connectivity index (χ3n) is 4.34. The highest BCUT2D eigenvalue weighted by Crippen LogP contribution is 2.26. The summed E-state index contributed by atoms with van der Waals surface area (Å²) < 4.78 is 10.8. The predicted octanol–water partition coefficient (Wildman–Crippen LogP) is 2.77. The molecule has 0 saturated carbocycles. The van der Waals surface area contributed by atoms with Gasteiger partial charge in [0.05, 0.1) is 12.3 Å². The molecular weight excluding hydrogens is 420 g/mol. The van der Waals surface area contributed by atoms with Gasteiger partial charge in [0.2, 0.25) is 0 Å². The fourth-order valence-corrected chi connectivity index (χ4v) is 3.12. The summed E-state index contributed by atoms with van der Waals surface area (Å²) >= 11 is 5.21. The van der Waals surface area contributed by atoms with E-state index in [9.17, 15) is 14.4 Å². The van der Waals surface area contributed by atoms with Gasteiger partial charge in [-0.1, -0.05) is 18.2 Å². The molecule has 0 unspecified atom stereocenters. The molecular formula is C22H20N2O6S. The maximum atomic E-state index is 13.1. The second-order valence-electron chi connectivity index (χ2n) is 6.56. The second-order valence-corrected chi connectivity index (χ2v) is 6.94. The summed E-state index contributed by atoms with van der Waals surface area (Å²) in [6.07, 6.45) is 0.431. The van der Waals surface area contributed by atoms with Crippen LogP contribution in [0.1, 0.15) is 19.4 Å². The monoisotopic (exact) mass is 440 g/mol. The Bertz CT molecular complexity index is 1060. The van der Waals surface area contributed by atoms with E-state index in [1.807, 2.05) is 6.92 Å². The van der Waals surface area contributed by atoms with E-state index in [0.29, 0.717) is 29.4 Å². The average Bonchev–Trinajstić information content (AvgIpc) is 2.72. The molecule has 1 atom stereocenters. The molecule has 1 aliphatic heterocycles. The van der Waals surface area contributed by atoms with Crippen molar-refractivity contribution in [2.24, 2.45) is 0 Å². The molecule has 1 fully saturated rings. The number of hydrogen-bond donors (Lipinski definition) is 2. The van der Waals surface area contributed by atoms with Crippen molar-refractivity contribution in [3.05, 3.63) is 59.7 Å². The molecule has 0 bridgehead atoms. The topological polar surface area (TPSA) is 105 Å². The quantitative estimate of drug-likeness (QED) is 0.387. The molecule has 160 valence electrons. The van der Waals surface area contributed by atoms with Gasteiger partial charge < -0.3 is 14.6 Å². The summed E-state index contributed by atoms with van der Waals surface area (Å²) in [6.45, 7) is 3.74. The lowest BCUT2D eigenvalue weighted by Crippen LogP contribution is -2.54. The molecule has 2 aromatic rings. The van der Waals surface area contributed by atoms with Crippen LogP contribution in [0.15, 0.2) is 54.1 Å². The zero-order valence-electron chi connectivity index (χ0n) is 16.8. The Balaban J connectivity index is 1.87. The predicted molar refractivity (Wildman–Crippen MR) is 118 cm³/mol. The standard InChI is InChI=1S/C22H20N2O6S/c1-3-29-17-6-4-5-15(12-17)24-20(26)18(19(25)23-22(24)31)11-14-7-9-16(10-8-14)30-13(2)21(27)28/h4-13H,3H2,1-2H3,(H,27,28)(H,23,25,31)/b18-11+/t13-/m0/s1. The number of carbonyl (C=O) groups excluding carboxylic acids is 2. The number of hydrogen-bond acceptors (Lipinski definition) is 6. The van der Waals surface area contributed by atoms with E-state index >= 15 is 0 Å². The first kappa shape index (κ1) is 22.0. The van der Waals surface area contributed by atoms with Crippen LogP contribution in [0.2, 0.25) is 0 Å². The zero-order chi connectivity index (χ0) is 22.5. The minimum absolute atomic E-state index is 0.0211. The number of rotatable bonds is 7. The van der Waals surface area contributed by atoms with Crippen LogP contribution in [-0.2, 0) is 14.4 Å². The molecule has 2 N–H and O–H groups in total. The van der Waals surface area contributed by atoms with E-state index in [4.69, 9.17) is 26.8 Å². The zero-order valence-corrected chi connectivity index (χ0v) is 17.6. The van der Waals surface area contributed by atoms with Crippen LogP contribution in [0.3, 0.4) is 0 Å². The lowest BCUT2D eigenvalue weighted by atomic mass is 10.1. The van der Waals surface area contributed by atoms with Crippen LogP contribution in [0.4, 0.5) is 5.69 Å². The Morgan fingerprint density at radius 3 is 2.55 bits per heavy atom. The van der Waals surface area contributed by atoms with Crippen LogP contribution >= 0.6 is 12.2 Å². The second kappa shape index (κ2) is 9.40. The van der Waals surface area contributed by atoms with Crippen molar-refractivity contribution in [3.63, 3.8) is 0 Å². The lowest BCUT2D eigenvalue weighted by molar-refractivity contribution is -0.144. The number of carbonyl (C=O) groups is 3. The Morgan fingerprint density at radius 2 is 1.90 bits per heavy atom. The number of carboxylic acids is 1. The smallest absolute Gasteiger partial charge is 0.344 e. The largest absolute Gasteiger partial charge is 0.494 e. The molecule has 31 heavy (non-hydrogen) atoms. The molecule has 1 saturated heterocycles. The highest BCUT2D eigenvalue weighted by molar-refractivity contribution is 7.80. The Kier molecular flexibility index (Phi) is 6.66. The molecule has 2 amide bonds. The van der Waals surface area contributed by atoms with Crippen LogP contribution in [0.25, 0.3) is 6.08 Å². The molecule has 0 radical (unpaired) electrons. The van der Waals surface area contributed by atoms with Crippen LogP contribution in [-0.4, -0.2) is 40.7 Å². The van der Waals surface area contributed by atoms with Gasteiger partial charge in [-0.15, -0.1) is 0 Å².